The highest BCUT2D eigenvalue weighted by atomic mass is 16.1. The van der Waals surface area contributed by atoms with Crippen LogP contribution in [0.5, 0.6) is 0 Å². The van der Waals surface area contributed by atoms with Crippen LogP contribution < -0.4 is 0 Å². The van der Waals surface area contributed by atoms with Gasteiger partial charge in [-0.05, 0) is 38.4 Å². The molecule has 1 aliphatic carbocycles. The molecule has 1 atom stereocenters. The molecule has 0 N–H and O–H groups in total. The Bertz CT molecular complexity index is 417. The second kappa shape index (κ2) is 6.10. The molecule has 1 unspecified atom stereocenters. The van der Waals surface area contributed by atoms with Gasteiger partial charge in [0, 0.05) is 31.1 Å². The van der Waals surface area contributed by atoms with Crippen molar-refractivity contribution in [3.63, 3.8) is 0 Å². The second-order valence-corrected chi connectivity index (χ2v) is 5.12. The van der Waals surface area contributed by atoms with Crippen molar-refractivity contribution in [3.05, 3.63) is 29.6 Å². The number of aromatic nitrogens is 1. The molecule has 3 nitrogen and oxygen atoms in total. The largest absolute Gasteiger partial charge is 0.300 e. The van der Waals surface area contributed by atoms with Gasteiger partial charge in [0.15, 0.2) is 0 Å². The summed E-state index contributed by atoms with van der Waals surface area (Å²) in [5.74, 6) is 0.418. The lowest BCUT2D eigenvalue weighted by Crippen LogP contribution is -2.38. The fraction of sp³-hybridized carbons (Fsp3) is 0.600. The van der Waals surface area contributed by atoms with Crippen LogP contribution in [0, 0.1) is 6.92 Å². The molecule has 0 radical (unpaired) electrons. The number of carbonyl (C=O) groups is 1. The van der Waals surface area contributed by atoms with Gasteiger partial charge in [-0.15, -0.1) is 0 Å². The van der Waals surface area contributed by atoms with Gasteiger partial charge in [0.1, 0.15) is 5.78 Å². The number of pyridine rings is 1. The molecule has 1 fully saturated rings. The quantitative estimate of drug-likeness (QED) is 0.819. The molecular weight excluding hydrogens is 224 g/mol. The van der Waals surface area contributed by atoms with Crippen molar-refractivity contribution in [1.29, 1.82) is 0 Å². The summed E-state index contributed by atoms with van der Waals surface area (Å²) in [6.07, 6.45) is 3.68. The maximum absolute atomic E-state index is 11.6. The van der Waals surface area contributed by atoms with E-state index < -0.39 is 0 Å². The molecule has 3 heteroatoms. The zero-order chi connectivity index (χ0) is 13.0. The summed E-state index contributed by atoms with van der Waals surface area (Å²) >= 11 is 0. The number of rotatable bonds is 4. The van der Waals surface area contributed by atoms with Crippen LogP contribution in [0.4, 0.5) is 0 Å². The van der Waals surface area contributed by atoms with E-state index in [0.29, 0.717) is 11.8 Å². The number of hydrogen-bond donors (Lipinski definition) is 0. The lowest BCUT2D eigenvalue weighted by molar-refractivity contribution is -0.122. The number of nitrogens with zero attached hydrogens (tertiary/aromatic N) is 2. The average Bonchev–Trinajstić information content (AvgIpc) is 2.36. The van der Waals surface area contributed by atoms with Crippen molar-refractivity contribution in [1.82, 2.24) is 9.88 Å². The fourth-order valence-electron chi connectivity index (χ4n) is 2.71. The molecule has 1 aliphatic rings. The second-order valence-electron chi connectivity index (χ2n) is 5.12. The third-order valence-electron chi connectivity index (χ3n) is 3.69. The molecule has 1 aromatic rings. The minimum Gasteiger partial charge on any atom is -0.300 e. The molecule has 0 saturated heterocycles. The minimum absolute atomic E-state index is 0.415. The predicted molar refractivity (Wildman–Crippen MR) is 72.3 cm³/mol. The molecule has 0 spiro atoms. The van der Waals surface area contributed by atoms with E-state index in [1.807, 2.05) is 13.0 Å². The van der Waals surface area contributed by atoms with Crippen molar-refractivity contribution in [2.75, 3.05) is 6.54 Å². The first kappa shape index (κ1) is 13.2. The van der Waals surface area contributed by atoms with Crippen LogP contribution >= 0.6 is 0 Å². The number of carbonyl (C=O) groups excluding carboxylic acids is 1. The van der Waals surface area contributed by atoms with E-state index in [2.05, 4.69) is 28.9 Å². The SMILES string of the molecule is CCN(Cc1cccc(C)n1)C1CCCC(=O)C1. The molecule has 18 heavy (non-hydrogen) atoms. The molecule has 0 amide bonds. The normalized spacial score (nSPS) is 20.4. The highest BCUT2D eigenvalue weighted by molar-refractivity contribution is 5.79. The van der Waals surface area contributed by atoms with Gasteiger partial charge in [0.25, 0.3) is 0 Å². The zero-order valence-electron chi connectivity index (χ0n) is 11.4. The molecule has 1 heterocycles. The first-order chi connectivity index (χ1) is 8.69. The maximum atomic E-state index is 11.6. The van der Waals surface area contributed by atoms with Crippen LogP contribution in [0.15, 0.2) is 18.2 Å². The first-order valence-electron chi connectivity index (χ1n) is 6.87. The lowest BCUT2D eigenvalue weighted by Gasteiger charge is -2.32. The third kappa shape index (κ3) is 3.39. The summed E-state index contributed by atoms with van der Waals surface area (Å²) in [4.78, 5) is 18.5. The van der Waals surface area contributed by atoms with Crippen LogP contribution in [-0.2, 0) is 11.3 Å². The summed E-state index contributed by atoms with van der Waals surface area (Å²) in [7, 11) is 0. The van der Waals surface area contributed by atoms with Crippen molar-refractivity contribution >= 4 is 5.78 Å². The van der Waals surface area contributed by atoms with E-state index in [1.54, 1.807) is 0 Å². The van der Waals surface area contributed by atoms with Gasteiger partial charge >= 0.3 is 0 Å². The molecule has 0 bridgehead atoms. The number of Topliss-reactive ketones (excluding diaryl/α,β-unsaturated/α-hetero) is 1. The van der Waals surface area contributed by atoms with Gasteiger partial charge in [-0.1, -0.05) is 13.0 Å². The smallest absolute Gasteiger partial charge is 0.134 e. The summed E-state index contributed by atoms with van der Waals surface area (Å²) in [5, 5.41) is 0. The summed E-state index contributed by atoms with van der Waals surface area (Å²) in [5.41, 5.74) is 2.16. The van der Waals surface area contributed by atoms with E-state index in [-0.39, 0.29) is 0 Å². The van der Waals surface area contributed by atoms with Gasteiger partial charge in [-0.25, -0.2) is 0 Å². The number of ketones is 1. The third-order valence-corrected chi connectivity index (χ3v) is 3.69. The molecule has 0 aliphatic heterocycles. The Morgan fingerprint density at radius 1 is 1.44 bits per heavy atom. The summed E-state index contributed by atoms with van der Waals surface area (Å²) in [6.45, 7) is 6.02. The van der Waals surface area contributed by atoms with Gasteiger partial charge in [0.2, 0.25) is 0 Å². The van der Waals surface area contributed by atoms with Crippen molar-refractivity contribution < 1.29 is 4.79 Å². The average molecular weight is 246 g/mol. The fourth-order valence-corrected chi connectivity index (χ4v) is 2.71. The topological polar surface area (TPSA) is 33.2 Å². The Balaban J connectivity index is 2.02. The van der Waals surface area contributed by atoms with Crippen LogP contribution in [0.1, 0.15) is 44.0 Å². The lowest BCUT2D eigenvalue weighted by atomic mass is 9.93. The number of hydrogen-bond acceptors (Lipinski definition) is 3. The van der Waals surface area contributed by atoms with E-state index >= 15 is 0 Å². The van der Waals surface area contributed by atoms with Crippen molar-refractivity contribution in [2.24, 2.45) is 0 Å². The Kier molecular flexibility index (Phi) is 4.48. The van der Waals surface area contributed by atoms with Crippen LogP contribution in [0.2, 0.25) is 0 Å². The Morgan fingerprint density at radius 3 is 2.94 bits per heavy atom. The number of aryl methyl sites for hydroxylation is 1. The van der Waals surface area contributed by atoms with Gasteiger partial charge in [0.05, 0.1) is 5.69 Å². The van der Waals surface area contributed by atoms with Crippen LogP contribution in [0.25, 0.3) is 0 Å². The van der Waals surface area contributed by atoms with Crippen LogP contribution in [-0.4, -0.2) is 28.3 Å². The summed E-state index contributed by atoms with van der Waals surface area (Å²) < 4.78 is 0. The highest BCUT2D eigenvalue weighted by Gasteiger charge is 2.24. The van der Waals surface area contributed by atoms with E-state index in [9.17, 15) is 4.79 Å². The summed E-state index contributed by atoms with van der Waals surface area (Å²) in [6, 6.07) is 6.56. The first-order valence-corrected chi connectivity index (χ1v) is 6.87. The van der Waals surface area contributed by atoms with Crippen molar-refractivity contribution in [3.8, 4) is 0 Å². The molecule has 2 rings (SSSR count). The van der Waals surface area contributed by atoms with Crippen molar-refractivity contribution in [2.45, 2.75) is 52.1 Å². The Labute approximate surface area is 109 Å². The molecule has 1 aromatic heterocycles. The van der Waals surface area contributed by atoms with Gasteiger partial charge in [-0.3, -0.25) is 14.7 Å². The molecule has 0 aromatic carbocycles. The monoisotopic (exact) mass is 246 g/mol. The van der Waals surface area contributed by atoms with Gasteiger partial charge < -0.3 is 0 Å². The van der Waals surface area contributed by atoms with Gasteiger partial charge in [-0.2, -0.15) is 0 Å². The van der Waals surface area contributed by atoms with E-state index in [0.717, 1.165) is 50.2 Å². The standard InChI is InChI=1S/C15H22N2O/c1-3-17(14-8-5-9-15(18)10-14)11-13-7-4-6-12(2)16-13/h4,6-7,14H,3,5,8-11H2,1-2H3. The molecular formula is C15H22N2O. The van der Waals surface area contributed by atoms with Crippen LogP contribution in [0.3, 0.4) is 0 Å². The van der Waals surface area contributed by atoms with E-state index in [1.165, 1.54) is 0 Å². The zero-order valence-corrected chi connectivity index (χ0v) is 11.4. The highest BCUT2D eigenvalue weighted by Crippen LogP contribution is 2.21. The Hall–Kier alpha value is -1.22. The predicted octanol–water partition coefficient (Wildman–Crippen LogP) is 2.72. The maximum Gasteiger partial charge on any atom is 0.134 e. The minimum atomic E-state index is 0.415. The Morgan fingerprint density at radius 2 is 2.28 bits per heavy atom. The van der Waals surface area contributed by atoms with E-state index in [4.69, 9.17) is 0 Å². The molecule has 98 valence electrons. The molecule has 1 saturated carbocycles.